The van der Waals surface area contributed by atoms with Crippen LogP contribution in [0.5, 0.6) is 0 Å². The minimum Gasteiger partial charge on any atom is -0.379 e. The number of rotatable bonds is 7. The Morgan fingerprint density at radius 2 is 2.04 bits per heavy atom. The van der Waals surface area contributed by atoms with Gasteiger partial charge in [-0.15, -0.1) is 0 Å². The van der Waals surface area contributed by atoms with Gasteiger partial charge in [0.25, 0.3) is 5.69 Å². The molecule has 0 bridgehead atoms. The summed E-state index contributed by atoms with van der Waals surface area (Å²) in [5.41, 5.74) is 0.519. The SMILES string of the molecule is CC(C)OCCCNC(=O)N1CCN(c2ccc(Cl)cc2[N+](=O)[O-])CC1. The molecule has 1 saturated heterocycles. The molecule has 8 nitrogen and oxygen atoms in total. The molecule has 9 heteroatoms. The van der Waals surface area contributed by atoms with Gasteiger partial charge < -0.3 is 19.9 Å². The monoisotopic (exact) mass is 384 g/mol. The minimum atomic E-state index is -0.431. The maximum absolute atomic E-state index is 12.2. The number of anilines is 1. The maximum Gasteiger partial charge on any atom is 0.317 e. The van der Waals surface area contributed by atoms with Crippen molar-refractivity contribution in [2.75, 3.05) is 44.2 Å². The van der Waals surface area contributed by atoms with Crippen LogP contribution in [-0.4, -0.2) is 61.3 Å². The van der Waals surface area contributed by atoms with Gasteiger partial charge in [-0.1, -0.05) is 11.6 Å². The van der Waals surface area contributed by atoms with Crippen LogP contribution in [-0.2, 0) is 4.74 Å². The first kappa shape index (κ1) is 20.3. The number of nitrogens with zero attached hydrogens (tertiary/aromatic N) is 3. The van der Waals surface area contributed by atoms with Crippen LogP contribution < -0.4 is 10.2 Å². The summed E-state index contributed by atoms with van der Waals surface area (Å²) >= 11 is 5.86. The average molecular weight is 385 g/mol. The summed E-state index contributed by atoms with van der Waals surface area (Å²) in [6, 6.07) is 4.54. The highest BCUT2D eigenvalue weighted by Gasteiger charge is 2.25. The van der Waals surface area contributed by atoms with Crippen molar-refractivity contribution in [2.45, 2.75) is 26.4 Å². The molecule has 1 fully saturated rings. The predicted molar refractivity (Wildman–Crippen MR) is 101 cm³/mol. The summed E-state index contributed by atoms with van der Waals surface area (Å²) in [4.78, 5) is 26.6. The van der Waals surface area contributed by atoms with Crippen molar-refractivity contribution in [1.29, 1.82) is 0 Å². The zero-order valence-electron chi connectivity index (χ0n) is 15.1. The van der Waals surface area contributed by atoms with Crippen molar-refractivity contribution >= 4 is 29.0 Å². The standard InChI is InChI=1S/C17H25ClN4O4/c1-13(2)26-11-3-6-19-17(23)21-9-7-20(8-10-21)15-5-4-14(18)12-16(15)22(24)25/h4-5,12-13H,3,6-11H2,1-2H3,(H,19,23). The van der Waals surface area contributed by atoms with Crippen LogP contribution in [0.15, 0.2) is 18.2 Å². The molecule has 144 valence electrons. The van der Waals surface area contributed by atoms with E-state index in [9.17, 15) is 14.9 Å². The number of nitro benzene ring substituents is 1. The summed E-state index contributed by atoms with van der Waals surface area (Å²) in [5.74, 6) is 0. The molecule has 1 N–H and O–H groups in total. The van der Waals surface area contributed by atoms with Gasteiger partial charge in [0.05, 0.1) is 11.0 Å². The molecule has 1 heterocycles. The first-order valence-corrected chi connectivity index (χ1v) is 9.09. The largest absolute Gasteiger partial charge is 0.379 e. The number of urea groups is 1. The number of benzene rings is 1. The van der Waals surface area contributed by atoms with Crippen LogP contribution in [0.25, 0.3) is 0 Å². The maximum atomic E-state index is 12.2. The Morgan fingerprint density at radius 1 is 1.35 bits per heavy atom. The van der Waals surface area contributed by atoms with E-state index in [-0.39, 0.29) is 17.8 Å². The van der Waals surface area contributed by atoms with E-state index in [0.717, 1.165) is 6.42 Å². The highest BCUT2D eigenvalue weighted by molar-refractivity contribution is 6.30. The summed E-state index contributed by atoms with van der Waals surface area (Å²) in [6.07, 6.45) is 0.955. The lowest BCUT2D eigenvalue weighted by Crippen LogP contribution is -2.52. The number of nitrogens with one attached hydrogen (secondary N) is 1. The first-order chi connectivity index (χ1) is 12.4. The number of carbonyl (C=O) groups excluding carboxylic acids is 1. The second-order valence-corrected chi connectivity index (χ2v) is 6.81. The quantitative estimate of drug-likeness (QED) is 0.443. The van der Waals surface area contributed by atoms with Crippen molar-refractivity contribution in [3.63, 3.8) is 0 Å². The molecule has 1 aliphatic heterocycles. The zero-order chi connectivity index (χ0) is 19.1. The highest BCUT2D eigenvalue weighted by Crippen LogP contribution is 2.31. The normalized spacial score (nSPS) is 14.6. The van der Waals surface area contributed by atoms with Crippen LogP contribution in [0.4, 0.5) is 16.2 Å². The Labute approximate surface area is 158 Å². The third-order valence-corrected chi connectivity index (χ3v) is 4.33. The molecule has 1 aromatic rings. The topological polar surface area (TPSA) is 88.0 Å². The van der Waals surface area contributed by atoms with Gasteiger partial charge >= 0.3 is 6.03 Å². The van der Waals surface area contributed by atoms with E-state index in [1.807, 2.05) is 18.7 Å². The molecule has 0 atom stereocenters. The number of hydrogen-bond donors (Lipinski definition) is 1. The Morgan fingerprint density at radius 3 is 2.65 bits per heavy atom. The molecule has 0 unspecified atom stereocenters. The predicted octanol–water partition coefficient (Wildman–Crippen LogP) is 2.89. The fourth-order valence-corrected chi connectivity index (χ4v) is 2.93. The molecular formula is C17H25ClN4O4. The summed E-state index contributed by atoms with van der Waals surface area (Å²) in [6.45, 7) is 7.22. The van der Waals surface area contributed by atoms with E-state index >= 15 is 0 Å². The fourth-order valence-electron chi connectivity index (χ4n) is 2.76. The van der Waals surface area contributed by atoms with Crippen LogP contribution >= 0.6 is 11.6 Å². The molecule has 2 amide bonds. The number of nitro groups is 1. The molecule has 1 aromatic carbocycles. The van der Waals surface area contributed by atoms with Crippen molar-refractivity contribution in [3.8, 4) is 0 Å². The summed E-state index contributed by atoms with van der Waals surface area (Å²) in [7, 11) is 0. The Bertz CT molecular complexity index is 633. The second kappa shape index (κ2) is 9.59. The average Bonchev–Trinajstić information content (AvgIpc) is 2.61. The van der Waals surface area contributed by atoms with Crippen LogP contribution in [0.3, 0.4) is 0 Å². The molecular weight excluding hydrogens is 360 g/mol. The lowest BCUT2D eigenvalue weighted by molar-refractivity contribution is -0.384. The molecule has 0 aromatic heterocycles. The van der Waals surface area contributed by atoms with E-state index < -0.39 is 4.92 Å². The van der Waals surface area contributed by atoms with Crippen molar-refractivity contribution in [2.24, 2.45) is 0 Å². The van der Waals surface area contributed by atoms with Crippen molar-refractivity contribution in [1.82, 2.24) is 10.2 Å². The van der Waals surface area contributed by atoms with Crippen LogP contribution in [0.1, 0.15) is 20.3 Å². The van der Waals surface area contributed by atoms with Gasteiger partial charge in [-0.25, -0.2) is 4.79 Å². The van der Waals surface area contributed by atoms with Crippen molar-refractivity contribution < 1.29 is 14.5 Å². The van der Waals surface area contributed by atoms with Gasteiger partial charge in [0.2, 0.25) is 0 Å². The molecule has 2 rings (SSSR count). The number of halogens is 1. The molecule has 1 aliphatic rings. The second-order valence-electron chi connectivity index (χ2n) is 6.37. The molecule has 0 aliphatic carbocycles. The third kappa shape index (κ3) is 5.74. The van der Waals surface area contributed by atoms with Gasteiger partial charge in [-0.05, 0) is 32.4 Å². The highest BCUT2D eigenvalue weighted by atomic mass is 35.5. The lowest BCUT2D eigenvalue weighted by atomic mass is 10.2. The molecule has 0 radical (unpaired) electrons. The molecule has 26 heavy (non-hydrogen) atoms. The van der Waals surface area contributed by atoms with Gasteiger partial charge in [-0.3, -0.25) is 10.1 Å². The first-order valence-electron chi connectivity index (χ1n) is 8.71. The molecule has 0 spiro atoms. The van der Waals surface area contributed by atoms with E-state index in [1.165, 1.54) is 6.07 Å². The number of ether oxygens (including phenoxy) is 1. The van der Waals surface area contributed by atoms with E-state index in [4.69, 9.17) is 16.3 Å². The van der Waals surface area contributed by atoms with Crippen LogP contribution in [0.2, 0.25) is 5.02 Å². The third-order valence-electron chi connectivity index (χ3n) is 4.09. The lowest BCUT2D eigenvalue weighted by Gasteiger charge is -2.35. The van der Waals surface area contributed by atoms with Gasteiger partial charge in [0.1, 0.15) is 5.69 Å². The Kier molecular flexibility index (Phi) is 7.47. The van der Waals surface area contributed by atoms with Gasteiger partial charge in [0, 0.05) is 50.4 Å². The zero-order valence-corrected chi connectivity index (χ0v) is 15.9. The van der Waals surface area contributed by atoms with Crippen molar-refractivity contribution in [3.05, 3.63) is 33.3 Å². The minimum absolute atomic E-state index is 0.0134. The molecule has 0 saturated carbocycles. The summed E-state index contributed by atoms with van der Waals surface area (Å²) < 4.78 is 5.44. The smallest absolute Gasteiger partial charge is 0.317 e. The number of carbonyl (C=O) groups is 1. The summed E-state index contributed by atoms with van der Waals surface area (Å²) in [5, 5.41) is 14.5. The van der Waals surface area contributed by atoms with E-state index in [1.54, 1.807) is 17.0 Å². The fraction of sp³-hybridized carbons (Fsp3) is 0.588. The number of piperazine rings is 1. The van der Waals surface area contributed by atoms with E-state index in [0.29, 0.717) is 50.0 Å². The number of hydrogen-bond acceptors (Lipinski definition) is 5. The Hall–Kier alpha value is -2.06. The van der Waals surface area contributed by atoms with E-state index in [2.05, 4.69) is 5.32 Å². The van der Waals surface area contributed by atoms with Gasteiger partial charge in [0.15, 0.2) is 0 Å². The van der Waals surface area contributed by atoms with Crippen LogP contribution in [0, 0.1) is 10.1 Å². The number of amides is 2. The van der Waals surface area contributed by atoms with Gasteiger partial charge in [-0.2, -0.15) is 0 Å². The Balaban J connectivity index is 1.82.